The second-order valence-corrected chi connectivity index (χ2v) is 3.79. The quantitative estimate of drug-likeness (QED) is 0.827. The molecule has 1 N–H and O–H groups in total. The Morgan fingerprint density at radius 1 is 1.62 bits per heavy atom. The molecule has 0 aromatic carbocycles. The summed E-state index contributed by atoms with van der Waals surface area (Å²) in [4.78, 5) is 5.44. The molecule has 1 aromatic rings. The van der Waals surface area contributed by atoms with Gasteiger partial charge in [0.25, 0.3) is 6.43 Å². The summed E-state index contributed by atoms with van der Waals surface area (Å²) in [6, 6.07) is 0. The third-order valence-corrected chi connectivity index (χ3v) is 2.56. The molecule has 0 aliphatic heterocycles. The molecule has 0 atom stereocenters. The third-order valence-electron chi connectivity index (χ3n) is 2.21. The van der Waals surface area contributed by atoms with E-state index in [1.807, 2.05) is 0 Å². The molecule has 0 aliphatic rings. The fourth-order valence-electron chi connectivity index (χ4n) is 1.34. The predicted molar refractivity (Wildman–Crippen MR) is 56.6 cm³/mol. The van der Waals surface area contributed by atoms with Gasteiger partial charge >= 0.3 is 0 Å². The summed E-state index contributed by atoms with van der Waals surface area (Å²) >= 11 is 5.78. The summed E-state index contributed by atoms with van der Waals surface area (Å²) in [5, 5.41) is 9.22. The fraction of sp³-hybridized carbons (Fsp3) is 0.667. The van der Waals surface area contributed by atoms with Crippen LogP contribution < -0.4 is 0 Å². The number of hydrogen-bond acceptors (Lipinski definition) is 3. The average Bonchev–Trinajstić information content (AvgIpc) is 2.49. The predicted octanol–water partition coefficient (Wildman–Crippen LogP) is 1.13. The van der Waals surface area contributed by atoms with E-state index in [1.54, 1.807) is 11.6 Å². The fourth-order valence-corrected chi connectivity index (χ4v) is 1.49. The minimum absolute atomic E-state index is 0.162. The molecule has 16 heavy (non-hydrogen) atoms. The lowest BCUT2D eigenvalue weighted by atomic mass is 10.4. The van der Waals surface area contributed by atoms with Gasteiger partial charge in [-0.3, -0.25) is 4.90 Å². The Morgan fingerprint density at radius 3 is 2.75 bits per heavy atom. The number of alkyl halides is 2. The van der Waals surface area contributed by atoms with Gasteiger partial charge in [-0.25, -0.2) is 13.8 Å². The van der Waals surface area contributed by atoms with Gasteiger partial charge in [-0.05, 0) is 0 Å². The number of imidazole rings is 1. The van der Waals surface area contributed by atoms with Crippen molar-refractivity contribution in [2.45, 2.75) is 13.0 Å². The Morgan fingerprint density at radius 2 is 2.31 bits per heavy atom. The molecule has 92 valence electrons. The van der Waals surface area contributed by atoms with Crippen LogP contribution >= 0.6 is 11.6 Å². The summed E-state index contributed by atoms with van der Waals surface area (Å²) in [7, 11) is 1.71. The Labute approximate surface area is 97.4 Å². The highest BCUT2D eigenvalue weighted by Crippen LogP contribution is 2.11. The van der Waals surface area contributed by atoms with Gasteiger partial charge in [0, 0.05) is 13.6 Å². The lowest BCUT2D eigenvalue weighted by molar-refractivity contribution is 0.0729. The first kappa shape index (κ1) is 13.3. The molecule has 1 aromatic heterocycles. The molecule has 0 fully saturated rings. The van der Waals surface area contributed by atoms with Gasteiger partial charge in [0.05, 0.1) is 25.9 Å². The Hall–Kier alpha value is -0.720. The first-order valence-electron chi connectivity index (χ1n) is 4.82. The van der Waals surface area contributed by atoms with Gasteiger partial charge in [0.2, 0.25) is 0 Å². The zero-order valence-corrected chi connectivity index (χ0v) is 9.66. The van der Waals surface area contributed by atoms with Gasteiger partial charge in [-0.2, -0.15) is 0 Å². The van der Waals surface area contributed by atoms with E-state index in [1.165, 1.54) is 11.1 Å². The van der Waals surface area contributed by atoms with E-state index in [4.69, 9.17) is 16.7 Å². The molecule has 0 amide bonds. The van der Waals surface area contributed by atoms with Gasteiger partial charge in [-0.1, -0.05) is 11.6 Å². The van der Waals surface area contributed by atoms with E-state index in [-0.39, 0.29) is 26.2 Å². The molecular formula is C9H14ClF2N3O. The minimum atomic E-state index is -2.43. The van der Waals surface area contributed by atoms with Crippen molar-refractivity contribution in [2.75, 3.05) is 19.7 Å². The summed E-state index contributed by atoms with van der Waals surface area (Å²) in [6.45, 7) is -0.112. The zero-order chi connectivity index (χ0) is 12.1. The lowest BCUT2D eigenvalue weighted by Gasteiger charge is -2.20. The molecule has 0 radical (unpaired) electrons. The molecule has 7 heteroatoms. The molecular weight excluding hydrogens is 240 g/mol. The van der Waals surface area contributed by atoms with E-state index in [0.717, 1.165) is 0 Å². The Bertz CT molecular complexity index is 333. The topological polar surface area (TPSA) is 41.3 Å². The van der Waals surface area contributed by atoms with Crippen LogP contribution in [0.2, 0.25) is 5.15 Å². The van der Waals surface area contributed by atoms with Crippen LogP contribution in [0.3, 0.4) is 0 Å². The minimum Gasteiger partial charge on any atom is -0.395 e. The second-order valence-electron chi connectivity index (χ2n) is 3.41. The largest absolute Gasteiger partial charge is 0.395 e. The second kappa shape index (κ2) is 6.12. The lowest BCUT2D eigenvalue weighted by Crippen LogP contribution is -2.32. The standard InChI is InChI=1S/C9H14ClF2N3O/c1-14-7(10)4-13-9(14)6-15(2-3-16)5-8(11)12/h4,8,16H,2-3,5-6H2,1H3. The van der Waals surface area contributed by atoms with Crippen LogP contribution in [0.4, 0.5) is 8.78 Å². The van der Waals surface area contributed by atoms with Gasteiger partial charge < -0.3 is 9.67 Å². The number of halogens is 3. The van der Waals surface area contributed by atoms with Crippen LogP contribution in [-0.4, -0.2) is 45.7 Å². The van der Waals surface area contributed by atoms with Crippen molar-refractivity contribution >= 4 is 11.6 Å². The number of nitrogens with zero attached hydrogens (tertiary/aromatic N) is 3. The van der Waals surface area contributed by atoms with Crippen molar-refractivity contribution in [2.24, 2.45) is 7.05 Å². The van der Waals surface area contributed by atoms with Gasteiger partial charge in [0.1, 0.15) is 11.0 Å². The van der Waals surface area contributed by atoms with Gasteiger partial charge in [0.15, 0.2) is 0 Å². The van der Waals surface area contributed by atoms with Gasteiger partial charge in [-0.15, -0.1) is 0 Å². The summed E-state index contributed by atoms with van der Waals surface area (Å²) in [5.74, 6) is 0.596. The highest BCUT2D eigenvalue weighted by Gasteiger charge is 2.14. The van der Waals surface area contributed by atoms with Crippen molar-refractivity contribution in [3.63, 3.8) is 0 Å². The van der Waals surface area contributed by atoms with E-state index in [0.29, 0.717) is 11.0 Å². The maximum Gasteiger partial charge on any atom is 0.251 e. The SMILES string of the molecule is Cn1c(Cl)cnc1CN(CCO)CC(F)F. The Balaban J connectivity index is 2.63. The number of aliphatic hydroxyl groups is 1. The normalized spacial score (nSPS) is 11.7. The molecule has 0 bridgehead atoms. The van der Waals surface area contributed by atoms with Crippen LogP contribution in [0.15, 0.2) is 6.20 Å². The van der Waals surface area contributed by atoms with Crippen molar-refractivity contribution < 1.29 is 13.9 Å². The Kier molecular flexibility index (Phi) is 5.11. The van der Waals surface area contributed by atoms with Crippen LogP contribution in [0.5, 0.6) is 0 Å². The molecule has 1 heterocycles. The monoisotopic (exact) mass is 253 g/mol. The summed E-state index contributed by atoms with van der Waals surface area (Å²) in [5.41, 5.74) is 0. The summed E-state index contributed by atoms with van der Waals surface area (Å²) in [6.07, 6.45) is -0.960. The van der Waals surface area contributed by atoms with Crippen LogP contribution in [0.1, 0.15) is 5.82 Å². The van der Waals surface area contributed by atoms with E-state index in [9.17, 15) is 8.78 Å². The van der Waals surface area contributed by atoms with E-state index < -0.39 is 6.43 Å². The number of rotatable bonds is 6. The van der Waals surface area contributed by atoms with Crippen molar-refractivity contribution in [3.8, 4) is 0 Å². The van der Waals surface area contributed by atoms with Crippen molar-refractivity contribution in [1.82, 2.24) is 14.5 Å². The molecule has 0 unspecified atom stereocenters. The molecule has 4 nitrogen and oxygen atoms in total. The molecule has 0 saturated carbocycles. The molecule has 1 rings (SSSR count). The first-order chi connectivity index (χ1) is 7.54. The van der Waals surface area contributed by atoms with Crippen molar-refractivity contribution in [3.05, 3.63) is 17.2 Å². The molecule has 0 saturated heterocycles. The van der Waals surface area contributed by atoms with Crippen molar-refractivity contribution in [1.29, 1.82) is 0 Å². The molecule has 0 spiro atoms. The highest BCUT2D eigenvalue weighted by molar-refractivity contribution is 6.29. The van der Waals surface area contributed by atoms with Crippen LogP contribution in [0.25, 0.3) is 0 Å². The highest BCUT2D eigenvalue weighted by atomic mass is 35.5. The first-order valence-corrected chi connectivity index (χ1v) is 5.20. The zero-order valence-electron chi connectivity index (χ0n) is 8.91. The number of aliphatic hydroxyl groups excluding tert-OH is 1. The average molecular weight is 254 g/mol. The van der Waals surface area contributed by atoms with Crippen LogP contribution in [-0.2, 0) is 13.6 Å². The van der Waals surface area contributed by atoms with Crippen LogP contribution in [0, 0.1) is 0 Å². The maximum absolute atomic E-state index is 12.2. The third kappa shape index (κ3) is 3.70. The van der Waals surface area contributed by atoms with E-state index >= 15 is 0 Å². The smallest absolute Gasteiger partial charge is 0.251 e. The summed E-state index contributed by atoms with van der Waals surface area (Å²) < 4.78 is 26.1. The maximum atomic E-state index is 12.2. The number of aromatic nitrogens is 2. The molecule has 0 aliphatic carbocycles. The van der Waals surface area contributed by atoms with E-state index in [2.05, 4.69) is 4.98 Å². The number of hydrogen-bond donors (Lipinski definition) is 1.